The summed E-state index contributed by atoms with van der Waals surface area (Å²) in [6.07, 6.45) is -12.1. The van der Waals surface area contributed by atoms with E-state index in [0.29, 0.717) is 24.3 Å². The SMILES string of the molecule is O=C(NC(=O)c1ccccc1F)Nc1ccc(C(O)(C(F)(F)F)C(F)(F)F)cc1. The van der Waals surface area contributed by atoms with Crippen molar-refractivity contribution in [3.63, 3.8) is 0 Å². The molecule has 3 N–H and O–H groups in total. The minimum atomic E-state index is -6.05. The van der Waals surface area contributed by atoms with Crippen LogP contribution in [0.2, 0.25) is 0 Å². The van der Waals surface area contributed by atoms with Gasteiger partial charge in [0.2, 0.25) is 0 Å². The molecule has 2 aromatic carbocycles. The highest BCUT2D eigenvalue weighted by Crippen LogP contribution is 2.50. The van der Waals surface area contributed by atoms with Crippen molar-refractivity contribution < 1.29 is 45.4 Å². The van der Waals surface area contributed by atoms with E-state index in [0.717, 1.165) is 12.1 Å². The number of alkyl halides is 6. The molecule has 29 heavy (non-hydrogen) atoms. The fourth-order valence-corrected chi connectivity index (χ4v) is 2.26. The van der Waals surface area contributed by atoms with Gasteiger partial charge >= 0.3 is 18.4 Å². The number of amides is 3. The Labute approximate surface area is 158 Å². The molecule has 0 bridgehead atoms. The van der Waals surface area contributed by atoms with Crippen molar-refractivity contribution in [3.8, 4) is 0 Å². The van der Waals surface area contributed by atoms with Crippen LogP contribution in [0.1, 0.15) is 15.9 Å². The highest BCUT2D eigenvalue weighted by molar-refractivity contribution is 6.08. The van der Waals surface area contributed by atoms with E-state index in [1.807, 2.05) is 5.32 Å². The van der Waals surface area contributed by atoms with Crippen LogP contribution in [0.4, 0.5) is 41.2 Å². The Morgan fingerprint density at radius 3 is 1.83 bits per heavy atom. The minimum absolute atomic E-state index is 0.292. The van der Waals surface area contributed by atoms with Crippen molar-refractivity contribution in [2.75, 3.05) is 5.32 Å². The molecule has 3 amide bonds. The lowest BCUT2D eigenvalue weighted by Gasteiger charge is -2.32. The summed E-state index contributed by atoms with van der Waals surface area (Å²) in [5.74, 6) is -2.04. The third kappa shape index (κ3) is 4.47. The Morgan fingerprint density at radius 1 is 0.828 bits per heavy atom. The first-order valence-corrected chi connectivity index (χ1v) is 7.60. The average molecular weight is 424 g/mol. The van der Waals surface area contributed by atoms with E-state index in [4.69, 9.17) is 0 Å². The zero-order chi connectivity index (χ0) is 22.0. The lowest BCUT2D eigenvalue weighted by Crippen LogP contribution is -2.53. The van der Waals surface area contributed by atoms with Gasteiger partial charge in [-0.1, -0.05) is 24.3 Å². The van der Waals surface area contributed by atoms with Gasteiger partial charge in [-0.05, 0) is 24.3 Å². The molecule has 156 valence electrons. The lowest BCUT2D eigenvalue weighted by molar-refractivity contribution is -0.376. The molecule has 0 saturated heterocycles. The van der Waals surface area contributed by atoms with Gasteiger partial charge in [0.1, 0.15) is 5.82 Å². The minimum Gasteiger partial charge on any atom is -0.369 e. The van der Waals surface area contributed by atoms with E-state index < -0.39 is 46.8 Å². The summed E-state index contributed by atoms with van der Waals surface area (Å²) in [5.41, 5.74) is -7.38. The number of imide groups is 1. The van der Waals surface area contributed by atoms with Crippen molar-refractivity contribution in [2.45, 2.75) is 18.0 Å². The van der Waals surface area contributed by atoms with Gasteiger partial charge < -0.3 is 10.4 Å². The predicted octanol–water partition coefficient (Wildman–Crippen LogP) is 4.10. The topological polar surface area (TPSA) is 78.4 Å². The van der Waals surface area contributed by atoms with Gasteiger partial charge in [-0.3, -0.25) is 10.1 Å². The predicted molar refractivity (Wildman–Crippen MR) is 85.3 cm³/mol. The van der Waals surface area contributed by atoms with Crippen molar-refractivity contribution in [1.29, 1.82) is 0 Å². The Morgan fingerprint density at radius 2 is 1.34 bits per heavy atom. The molecule has 0 saturated carbocycles. The first kappa shape index (κ1) is 22.1. The number of hydrogen-bond acceptors (Lipinski definition) is 3. The van der Waals surface area contributed by atoms with Gasteiger partial charge in [0.05, 0.1) is 5.56 Å². The maximum atomic E-state index is 13.5. The number of rotatable bonds is 3. The fraction of sp³-hybridized carbons (Fsp3) is 0.176. The number of hydrogen-bond donors (Lipinski definition) is 3. The van der Waals surface area contributed by atoms with Crippen LogP contribution >= 0.6 is 0 Å². The van der Waals surface area contributed by atoms with Crippen LogP contribution in [0.25, 0.3) is 0 Å². The second-order valence-corrected chi connectivity index (χ2v) is 5.67. The third-order valence-electron chi connectivity index (χ3n) is 3.73. The van der Waals surface area contributed by atoms with Gasteiger partial charge in [0.15, 0.2) is 0 Å². The molecule has 2 aromatic rings. The second kappa shape index (κ2) is 7.70. The number of anilines is 1. The van der Waals surface area contributed by atoms with Gasteiger partial charge in [-0.25, -0.2) is 9.18 Å². The van der Waals surface area contributed by atoms with Crippen LogP contribution in [-0.2, 0) is 5.60 Å². The van der Waals surface area contributed by atoms with E-state index >= 15 is 0 Å². The van der Waals surface area contributed by atoms with Crippen LogP contribution in [0.15, 0.2) is 48.5 Å². The number of aliphatic hydroxyl groups is 1. The van der Waals surface area contributed by atoms with Crippen LogP contribution in [0.3, 0.4) is 0 Å². The number of carbonyl (C=O) groups is 2. The first-order valence-electron chi connectivity index (χ1n) is 7.60. The molecule has 0 aromatic heterocycles. The van der Waals surface area contributed by atoms with Gasteiger partial charge in [-0.2, -0.15) is 26.3 Å². The normalized spacial score (nSPS) is 12.4. The number of benzene rings is 2. The standard InChI is InChI=1S/C17H11F7N2O3/c18-12-4-2-1-3-11(12)13(27)26-14(28)25-10-7-5-9(6-8-10)15(29,16(19,20)21)17(22,23)24/h1-8,29H,(H2,25,26,27,28). The zero-order valence-electron chi connectivity index (χ0n) is 14.0. The second-order valence-electron chi connectivity index (χ2n) is 5.67. The van der Waals surface area contributed by atoms with E-state index in [1.165, 1.54) is 12.1 Å². The van der Waals surface area contributed by atoms with Crippen LogP contribution < -0.4 is 10.6 Å². The molecule has 0 aliphatic carbocycles. The molecular formula is C17H11F7N2O3. The Bertz CT molecular complexity index is 894. The molecular weight excluding hydrogens is 413 g/mol. The third-order valence-corrected chi connectivity index (χ3v) is 3.73. The Balaban J connectivity index is 2.15. The number of urea groups is 1. The summed E-state index contributed by atoms with van der Waals surface area (Å²) in [5, 5.41) is 13.0. The highest BCUT2D eigenvalue weighted by Gasteiger charge is 2.71. The molecule has 0 spiro atoms. The molecule has 2 rings (SSSR count). The maximum absolute atomic E-state index is 13.5. The van der Waals surface area contributed by atoms with Crippen LogP contribution in [0.5, 0.6) is 0 Å². The van der Waals surface area contributed by atoms with E-state index in [9.17, 15) is 45.4 Å². The van der Waals surface area contributed by atoms with Crippen molar-refractivity contribution in [3.05, 3.63) is 65.5 Å². The molecule has 0 aliphatic heterocycles. The van der Waals surface area contributed by atoms with E-state index in [-0.39, 0.29) is 5.69 Å². The van der Waals surface area contributed by atoms with Gasteiger partial charge in [-0.15, -0.1) is 0 Å². The van der Waals surface area contributed by atoms with Crippen molar-refractivity contribution in [2.24, 2.45) is 0 Å². The summed E-state index contributed by atoms with van der Waals surface area (Å²) < 4.78 is 90.4. The molecule has 0 aliphatic rings. The molecule has 0 unspecified atom stereocenters. The largest absolute Gasteiger partial charge is 0.430 e. The summed E-state index contributed by atoms with van der Waals surface area (Å²) in [7, 11) is 0. The van der Waals surface area contributed by atoms with Gasteiger partial charge in [0, 0.05) is 11.3 Å². The molecule has 0 radical (unpaired) electrons. The smallest absolute Gasteiger partial charge is 0.369 e. The zero-order valence-corrected chi connectivity index (χ0v) is 14.0. The van der Waals surface area contributed by atoms with Crippen molar-refractivity contribution >= 4 is 17.6 Å². The summed E-state index contributed by atoms with van der Waals surface area (Å²) >= 11 is 0. The Kier molecular flexibility index (Phi) is 5.88. The van der Waals surface area contributed by atoms with Crippen LogP contribution in [0, 0.1) is 5.82 Å². The average Bonchev–Trinajstić information content (AvgIpc) is 2.60. The lowest BCUT2D eigenvalue weighted by atomic mass is 9.92. The van der Waals surface area contributed by atoms with E-state index in [1.54, 1.807) is 5.32 Å². The first-order chi connectivity index (χ1) is 13.3. The van der Waals surface area contributed by atoms with Crippen molar-refractivity contribution in [1.82, 2.24) is 5.32 Å². The maximum Gasteiger partial charge on any atom is 0.430 e. The monoisotopic (exact) mass is 424 g/mol. The molecule has 0 fully saturated rings. The molecule has 12 heteroatoms. The highest BCUT2D eigenvalue weighted by atomic mass is 19.4. The Hall–Kier alpha value is -3.15. The number of carbonyl (C=O) groups excluding carboxylic acids is 2. The summed E-state index contributed by atoms with van der Waals surface area (Å²) in [4.78, 5) is 23.5. The fourth-order valence-electron chi connectivity index (χ4n) is 2.26. The molecule has 5 nitrogen and oxygen atoms in total. The van der Waals surface area contributed by atoms with Gasteiger partial charge in [0.25, 0.3) is 11.5 Å². The number of nitrogens with one attached hydrogen (secondary N) is 2. The summed E-state index contributed by atoms with van der Waals surface area (Å²) in [6.45, 7) is 0. The number of halogens is 7. The molecule has 0 heterocycles. The van der Waals surface area contributed by atoms with Crippen LogP contribution in [-0.4, -0.2) is 29.4 Å². The molecule has 0 atom stereocenters. The quantitative estimate of drug-likeness (QED) is 0.650. The van der Waals surface area contributed by atoms with E-state index in [2.05, 4.69) is 0 Å². The summed E-state index contributed by atoms with van der Waals surface area (Å²) in [6, 6.07) is 5.41.